The summed E-state index contributed by atoms with van der Waals surface area (Å²) in [6, 6.07) is 8.29. The number of fused-ring (bicyclic) bond motifs is 8. The monoisotopic (exact) mass is 458 g/mol. The molecule has 34 heavy (non-hydrogen) atoms. The highest BCUT2D eigenvalue weighted by molar-refractivity contribution is 5.96. The largest absolute Gasteiger partial charge is 0.382 e. The summed E-state index contributed by atoms with van der Waals surface area (Å²) in [7, 11) is 1.72. The number of nitrogens with zero attached hydrogens (tertiary/aromatic N) is 7. The molecule has 1 atom stereocenters. The Labute approximate surface area is 195 Å². The zero-order chi connectivity index (χ0) is 23.6. The fourth-order valence-electron chi connectivity index (χ4n) is 5.15. The number of nitrogen functional groups attached to an aromatic ring is 1. The first-order valence-electron chi connectivity index (χ1n) is 11.3. The molecule has 0 unspecified atom stereocenters. The maximum atomic E-state index is 14.4. The summed E-state index contributed by atoms with van der Waals surface area (Å²) in [5.74, 6) is -0.235. The van der Waals surface area contributed by atoms with Crippen LogP contribution < -0.4 is 15.6 Å². The first-order valence-corrected chi connectivity index (χ1v) is 11.3. The van der Waals surface area contributed by atoms with E-state index in [1.54, 1.807) is 29.0 Å². The molecule has 5 heterocycles. The second-order valence-electron chi connectivity index (χ2n) is 9.00. The highest BCUT2D eigenvalue weighted by Crippen LogP contribution is 2.42. The standard InChI is InChI=1S/C24H23FN8O/c1-30-13-21-22(18(11-26)29-33(21)31-7-8-31)14-9-20(23(27)28-12-14)32-6-2-3-19(32)17-10-15(25)4-5-16(17)24(30)34/h4-5,9-10,12,19H,2-3,6-8,13H2,1H3,(H2,27,28)/t19-/m1/s1. The van der Waals surface area contributed by atoms with Crippen LogP contribution in [0, 0.1) is 17.1 Å². The Morgan fingerprint density at radius 3 is 2.82 bits per heavy atom. The first kappa shape index (κ1) is 20.5. The van der Waals surface area contributed by atoms with Gasteiger partial charge in [-0.05, 0) is 42.7 Å². The average Bonchev–Trinajstić information content (AvgIpc) is 3.44. The third-order valence-corrected chi connectivity index (χ3v) is 6.84. The van der Waals surface area contributed by atoms with Gasteiger partial charge in [-0.3, -0.25) is 9.80 Å². The van der Waals surface area contributed by atoms with Gasteiger partial charge in [-0.25, -0.2) is 9.37 Å². The van der Waals surface area contributed by atoms with E-state index in [1.165, 1.54) is 12.1 Å². The van der Waals surface area contributed by atoms with Crippen LogP contribution in [0.1, 0.15) is 46.2 Å². The number of carbonyl (C=O) groups excluding carboxylic acids is 1. The normalized spacial score (nSPS) is 19.0. The second-order valence-corrected chi connectivity index (χ2v) is 9.00. The summed E-state index contributed by atoms with van der Waals surface area (Å²) >= 11 is 0. The molecule has 1 amide bonds. The molecule has 0 saturated carbocycles. The number of anilines is 2. The molecule has 1 aromatic carbocycles. The molecule has 3 aliphatic heterocycles. The summed E-state index contributed by atoms with van der Waals surface area (Å²) in [6.45, 7) is 2.56. The molecule has 3 aliphatic rings. The van der Waals surface area contributed by atoms with Crippen molar-refractivity contribution in [2.24, 2.45) is 0 Å². The minimum absolute atomic E-state index is 0.208. The van der Waals surface area contributed by atoms with Crippen LogP contribution >= 0.6 is 0 Å². The van der Waals surface area contributed by atoms with Crippen molar-refractivity contribution >= 4 is 17.4 Å². The van der Waals surface area contributed by atoms with Crippen molar-refractivity contribution in [1.29, 1.82) is 5.26 Å². The van der Waals surface area contributed by atoms with Crippen LogP contribution in [0.15, 0.2) is 30.5 Å². The maximum absolute atomic E-state index is 14.4. The van der Waals surface area contributed by atoms with Gasteiger partial charge in [0, 0.05) is 36.5 Å². The van der Waals surface area contributed by atoms with Gasteiger partial charge in [0.1, 0.15) is 17.7 Å². The number of nitriles is 1. The van der Waals surface area contributed by atoms with Crippen LogP contribution in [0.5, 0.6) is 0 Å². The molecule has 0 spiro atoms. The van der Waals surface area contributed by atoms with Gasteiger partial charge in [0.25, 0.3) is 5.91 Å². The number of benzene rings is 1. The zero-order valence-electron chi connectivity index (χ0n) is 18.7. The molecular formula is C24H23FN8O. The Hall–Kier alpha value is -4.13. The number of halogens is 1. The minimum atomic E-state index is -0.381. The van der Waals surface area contributed by atoms with Crippen LogP contribution in [-0.2, 0) is 6.54 Å². The molecule has 172 valence electrons. The van der Waals surface area contributed by atoms with Gasteiger partial charge in [-0.2, -0.15) is 10.1 Å². The lowest BCUT2D eigenvalue weighted by atomic mass is 9.96. The van der Waals surface area contributed by atoms with E-state index < -0.39 is 0 Å². The Morgan fingerprint density at radius 1 is 1.24 bits per heavy atom. The minimum Gasteiger partial charge on any atom is -0.382 e. The number of hydrogen-bond acceptors (Lipinski definition) is 7. The van der Waals surface area contributed by atoms with E-state index in [-0.39, 0.29) is 30.0 Å². The molecule has 0 radical (unpaired) electrons. The quantitative estimate of drug-likeness (QED) is 0.558. The lowest BCUT2D eigenvalue weighted by Gasteiger charge is -2.31. The third kappa shape index (κ3) is 3.08. The fraction of sp³-hybridized carbons (Fsp3) is 0.333. The number of amides is 1. The third-order valence-electron chi connectivity index (χ3n) is 6.84. The molecule has 2 bridgehead atoms. The van der Waals surface area contributed by atoms with Crippen LogP contribution in [0.25, 0.3) is 11.1 Å². The number of nitrogens with two attached hydrogens (primary N) is 1. The fourth-order valence-corrected chi connectivity index (χ4v) is 5.15. The lowest BCUT2D eigenvalue weighted by Crippen LogP contribution is -2.32. The average molecular weight is 459 g/mol. The van der Waals surface area contributed by atoms with Crippen molar-refractivity contribution in [1.82, 2.24) is 19.8 Å². The van der Waals surface area contributed by atoms with Crippen LogP contribution in [0.2, 0.25) is 0 Å². The number of carbonyl (C=O) groups is 1. The van der Waals surface area contributed by atoms with Gasteiger partial charge in [-0.15, -0.1) is 5.10 Å². The summed E-state index contributed by atoms with van der Waals surface area (Å²) in [6.07, 6.45) is 3.29. The van der Waals surface area contributed by atoms with E-state index in [2.05, 4.69) is 21.1 Å². The molecule has 2 N–H and O–H groups in total. The number of hydrogen-bond donors (Lipinski definition) is 1. The van der Waals surface area contributed by atoms with Crippen molar-refractivity contribution in [3.8, 4) is 17.2 Å². The van der Waals surface area contributed by atoms with Gasteiger partial charge >= 0.3 is 0 Å². The van der Waals surface area contributed by atoms with E-state index in [0.29, 0.717) is 34.7 Å². The number of rotatable bonds is 1. The summed E-state index contributed by atoms with van der Waals surface area (Å²) < 4.78 is 14.4. The van der Waals surface area contributed by atoms with Gasteiger partial charge in [-0.1, -0.05) is 0 Å². The molecule has 2 saturated heterocycles. The van der Waals surface area contributed by atoms with E-state index in [0.717, 1.165) is 37.2 Å². The molecule has 2 fully saturated rings. The molecule has 10 heteroatoms. The van der Waals surface area contributed by atoms with E-state index >= 15 is 0 Å². The highest BCUT2D eigenvalue weighted by Gasteiger charge is 2.35. The van der Waals surface area contributed by atoms with Crippen LogP contribution in [0.4, 0.5) is 15.9 Å². The van der Waals surface area contributed by atoms with Crippen LogP contribution in [0.3, 0.4) is 0 Å². The zero-order valence-corrected chi connectivity index (χ0v) is 18.7. The number of aromatic nitrogens is 3. The molecule has 2 aromatic heterocycles. The second kappa shape index (κ2) is 7.45. The van der Waals surface area contributed by atoms with Crippen LogP contribution in [-0.4, -0.2) is 52.4 Å². The van der Waals surface area contributed by atoms with Crippen molar-refractivity contribution in [3.05, 3.63) is 58.8 Å². The first-order chi connectivity index (χ1) is 16.5. The van der Waals surface area contributed by atoms with Gasteiger partial charge < -0.3 is 15.5 Å². The Kier molecular flexibility index (Phi) is 4.49. The highest BCUT2D eigenvalue weighted by atomic mass is 19.1. The molecule has 3 aromatic rings. The Morgan fingerprint density at radius 2 is 2.06 bits per heavy atom. The smallest absolute Gasteiger partial charge is 0.254 e. The van der Waals surface area contributed by atoms with E-state index in [4.69, 9.17) is 5.73 Å². The van der Waals surface area contributed by atoms with Crippen molar-refractivity contribution in [2.75, 3.05) is 42.3 Å². The summed E-state index contributed by atoms with van der Waals surface area (Å²) in [4.78, 5) is 23.5. The predicted molar refractivity (Wildman–Crippen MR) is 124 cm³/mol. The lowest BCUT2D eigenvalue weighted by molar-refractivity contribution is 0.0780. The van der Waals surface area contributed by atoms with Crippen molar-refractivity contribution < 1.29 is 9.18 Å². The topological polar surface area (TPSA) is 107 Å². The molecule has 6 rings (SSSR count). The molecular weight excluding hydrogens is 435 g/mol. The molecule has 0 aliphatic carbocycles. The van der Waals surface area contributed by atoms with Gasteiger partial charge in [0.15, 0.2) is 5.69 Å². The predicted octanol–water partition coefficient (Wildman–Crippen LogP) is 2.42. The Balaban J connectivity index is 1.63. The van der Waals surface area contributed by atoms with Gasteiger partial charge in [0.2, 0.25) is 0 Å². The Bertz CT molecular complexity index is 1370. The number of pyridine rings is 1. The van der Waals surface area contributed by atoms with E-state index in [1.807, 2.05) is 11.1 Å². The van der Waals surface area contributed by atoms with E-state index in [9.17, 15) is 14.4 Å². The van der Waals surface area contributed by atoms with Crippen molar-refractivity contribution in [2.45, 2.75) is 25.4 Å². The maximum Gasteiger partial charge on any atom is 0.254 e. The summed E-state index contributed by atoms with van der Waals surface area (Å²) in [5.41, 5.74) is 10.5. The SMILES string of the molecule is CN1Cc2c(c(C#N)nn2N2CC2)-c2cnc(N)c(c2)N2CCC[C@@H]2c2cc(F)ccc2C1=O. The van der Waals surface area contributed by atoms with Crippen molar-refractivity contribution in [3.63, 3.8) is 0 Å². The van der Waals surface area contributed by atoms with Gasteiger partial charge in [0.05, 0.1) is 37.1 Å². The summed E-state index contributed by atoms with van der Waals surface area (Å²) in [5, 5.41) is 16.4. The molecule has 9 nitrogen and oxygen atoms in total.